The number of benzene rings is 2. The van der Waals surface area contributed by atoms with Crippen molar-refractivity contribution in [1.82, 2.24) is 19.6 Å². The van der Waals surface area contributed by atoms with Crippen molar-refractivity contribution in [2.24, 2.45) is 0 Å². The zero-order valence-electron chi connectivity index (χ0n) is 15.5. The molecule has 2 aliphatic heterocycles. The minimum Gasteiger partial charge on any atom is -0.237 e. The number of hydrogen-bond donors (Lipinski definition) is 0. The van der Waals surface area contributed by atoms with Crippen LogP contribution in [0.15, 0.2) is 60.7 Å². The third-order valence-corrected chi connectivity index (χ3v) is 5.77. The van der Waals surface area contributed by atoms with Crippen LogP contribution >= 0.6 is 0 Å². The molecule has 6 rings (SSSR count). The minimum atomic E-state index is 0.984. The van der Waals surface area contributed by atoms with Gasteiger partial charge in [-0.2, -0.15) is 10.2 Å². The van der Waals surface area contributed by atoms with Gasteiger partial charge in [-0.05, 0) is 73.2 Å². The molecular weight excluding hydrogens is 344 g/mol. The second kappa shape index (κ2) is 6.06. The van der Waals surface area contributed by atoms with Crippen LogP contribution in [0.3, 0.4) is 0 Å². The van der Waals surface area contributed by atoms with E-state index >= 15 is 0 Å². The minimum absolute atomic E-state index is 0.984. The molecule has 28 heavy (non-hydrogen) atoms. The Morgan fingerprint density at radius 3 is 1.57 bits per heavy atom. The number of nitrogens with zero attached hydrogens (tertiary/aromatic N) is 4. The summed E-state index contributed by atoms with van der Waals surface area (Å²) >= 11 is 0. The van der Waals surface area contributed by atoms with Crippen molar-refractivity contribution in [2.45, 2.75) is 25.7 Å². The van der Waals surface area contributed by atoms with E-state index in [1.165, 1.54) is 33.9 Å². The van der Waals surface area contributed by atoms with Gasteiger partial charge in [-0.15, -0.1) is 0 Å². The number of hydrogen-bond acceptors (Lipinski definition) is 2. The predicted molar refractivity (Wildman–Crippen MR) is 111 cm³/mol. The average molecular weight is 364 g/mol. The Morgan fingerprint density at radius 1 is 0.607 bits per heavy atom. The molecule has 4 nitrogen and oxygen atoms in total. The Hall–Kier alpha value is -3.40. The molecule has 4 heteroatoms. The van der Waals surface area contributed by atoms with Gasteiger partial charge in [0.05, 0.1) is 22.8 Å². The molecule has 136 valence electrons. The quantitative estimate of drug-likeness (QED) is 0.528. The standard InChI is InChI=1S/C24H20N4/c1-3-7-23-17(5-1)9-13-21-15-19(25-27(21)23)11-12-20-16-22-14-10-18-6-2-4-8-24(18)28(22)26-20/h1-8,11-12,15-16H,9-10,13-14H2. The second-order valence-corrected chi connectivity index (χ2v) is 7.54. The van der Waals surface area contributed by atoms with E-state index in [1.54, 1.807) is 0 Å². The van der Waals surface area contributed by atoms with Gasteiger partial charge in [0.2, 0.25) is 0 Å². The molecule has 2 aromatic carbocycles. The molecule has 0 unspecified atom stereocenters. The fourth-order valence-corrected chi connectivity index (χ4v) is 4.37. The third-order valence-electron chi connectivity index (χ3n) is 5.77. The van der Waals surface area contributed by atoms with E-state index in [2.05, 4.69) is 82.2 Å². The smallest absolute Gasteiger partial charge is 0.0859 e. The van der Waals surface area contributed by atoms with E-state index in [9.17, 15) is 0 Å². The van der Waals surface area contributed by atoms with Crippen LogP contribution in [0.2, 0.25) is 0 Å². The predicted octanol–water partition coefficient (Wildman–Crippen LogP) is 4.43. The molecular formula is C24H20N4. The molecule has 0 atom stereocenters. The van der Waals surface area contributed by atoms with Crippen LogP contribution in [-0.4, -0.2) is 19.6 Å². The Bertz CT molecular complexity index is 1130. The maximum atomic E-state index is 4.82. The number of fused-ring (bicyclic) bond motifs is 6. The topological polar surface area (TPSA) is 35.6 Å². The van der Waals surface area contributed by atoms with Gasteiger partial charge < -0.3 is 0 Å². The summed E-state index contributed by atoms with van der Waals surface area (Å²) in [5.41, 5.74) is 9.67. The highest BCUT2D eigenvalue weighted by atomic mass is 15.3. The Morgan fingerprint density at radius 2 is 1.07 bits per heavy atom. The van der Waals surface area contributed by atoms with Gasteiger partial charge in [0, 0.05) is 11.4 Å². The maximum absolute atomic E-state index is 4.82. The molecule has 0 spiro atoms. The van der Waals surface area contributed by atoms with Crippen LogP contribution in [0, 0.1) is 0 Å². The number of para-hydroxylation sites is 2. The van der Waals surface area contributed by atoms with Crippen molar-refractivity contribution in [1.29, 1.82) is 0 Å². The molecule has 2 aliphatic rings. The first kappa shape index (κ1) is 15.6. The van der Waals surface area contributed by atoms with Crippen LogP contribution in [0.5, 0.6) is 0 Å². The van der Waals surface area contributed by atoms with Gasteiger partial charge in [-0.25, -0.2) is 9.36 Å². The number of rotatable bonds is 2. The van der Waals surface area contributed by atoms with Crippen molar-refractivity contribution in [3.05, 3.63) is 94.6 Å². The van der Waals surface area contributed by atoms with Crippen LogP contribution < -0.4 is 0 Å². The summed E-state index contributed by atoms with van der Waals surface area (Å²) in [5.74, 6) is 0. The Balaban J connectivity index is 1.33. The van der Waals surface area contributed by atoms with Crippen molar-refractivity contribution in [2.75, 3.05) is 0 Å². The summed E-state index contributed by atoms with van der Waals surface area (Å²) in [6.07, 6.45) is 8.39. The molecule has 0 saturated carbocycles. The van der Waals surface area contributed by atoms with E-state index < -0.39 is 0 Å². The van der Waals surface area contributed by atoms with Gasteiger partial charge in [0.15, 0.2) is 0 Å². The van der Waals surface area contributed by atoms with Crippen LogP contribution in [-0.2, 0) is 25.7 Å². The van der Waals surface area contributed by atoms with E-state index in [0.717, 1.165) is 37.1 Å². The maximum Gasteiger partial charge on any atom is 0.0859 e. The van der Waals surface area contributed by atoms with Crippen LogP contribution in [0.25, 0.3) is 23.5 Å². The average Bonchev–Trinajstić information content (AvgIpc) is 3.36. The normalized spacial score (nSPS) is 14.4. The lowest BCUT2D eigenvalue weighted by atomic mass is 10.0. The summed E-state index contributed by atoms with van der Waals surface area (Å²) in [7, 11) is 0. The van der Waals surface area contributed by atoms with E-state index in [0.29, 0.717) is 0 Å². The van der Waals surface area contributed by atoms with Gasteiger partial charge in [-0.3, -0.25) is 0 Å². The van der Waals surface area contributed by atoms with Gasteiger partial charge >= 0.3 is 0 Å². The highest BCUT2D eigenvalue weighted by molar-refractivity contribution is 5.67. The van der Waals surface area contributed by atoms with Gasteiger partial charge in [0.25, 0.3) is 0 Å². The summed E-state index contributed by atoms with van der Waals surface area (Å²) in [6.45, 7) is 0. The second-order valence-electron chi connectivity index (χ2n) is 7.54. The van der Waals surface area contributed by atoms with Crippen molar-refractivity contribution in [3.8, 4) is 11.4 Å². The Kier molecular flexibility index (Phi) is 3.38. The molecule has 0 saturated heterocycles. The Labute approximate surface area is 163 Å². The van der Waals surface area contributed by atoms with Crippen molar-refractivity contribution in [3.63, 3.8) is 0 Å². The lowest BCUT2D eigenvalue weighted by Gasteiger charge is -2.17. The highest BCUT2D eigenvalue weighted by Gasteiger charge is 2.18. The van der Waals surface area contributed by atoms with Crippen molar-refractivity contribution >= 4 is 12.2 Å². The molecule has 0 bridgehead atoms. The largest absolute Gasteiger partial charge is 0.237 e. The van der Waals surface area contributed by atoms with E-state index in [4.69, 9.17) is 10.2 Å². The number of aryl methyl sites for hydroxylation is 4. The van der Waals surface area contributed by atoms with Gasteiger partial charge in [-0.1, -0.05) is 36.4 Å². The van der Waals surface area contributed by atoms with Crippen LogP contribution in [0.1, 0.15) is 33.9 Å². The molecule has 2 aromatic heterocycles. The first-order valence-corrected chi connectivity index (χ1v) is 9.88. The monoisotopic (exact) mass is 364 g/mol. The number of aromatic nitrogens is 4. The first-order chi connectivity index (χ1) is 13.8. The van der Waals surface area contributed by atoms with Crippen LogP contribution in [0.4, 0.5) is 0 Å². The zero-order chi connectivity index (χ0) is 18.5. The fraction of sp³-hybridized carbons (Fsp3) is 0.167. The molecule has 0 fully saturated rings. The summed E-state index contributed by atoms with van der Waals surface area (Å²) in [4.78, 5) is 0. The molecule has 0 radical (unpaired) electrons. The van der Waals surface area contributed by atoms with Crippen molar-refractivity contribution < 1.29 is 0 Å². The van der Waals surface area contributed by atoms with E-state index in [1.807, 2.05) is 0 Å². The molecule has 0 aliphatic carbocycles. The van der Waals surface area contributed by atoms with E-state index in [-0.39, 0.29) is 0 Å². The molecule has 0 amide bonds. The molecule has 4 aromatic rings. The fourth-order valence-electron chi connectivity index (χ4n) is 4.37. The summed E-state index contributed by atoms with van der Waals surface area (Å²) < 4.78 is 4.18. The summed E-state index contributed by atoms with van der Waals surface area (Å²) in [5, 5.41) is 9.64. The molecule has 0 N–H and O–H groups in total. The lowest BCUT2D eigenvalue weighted by molar-refractivity contribution is 0.735. The lowest BCUT2D eigenvalue weighted by Crippen LogP contribution is -2.12. The SMILES string of the molecule is C(=Cc1cc2n(n1)-c1ccccc1CC2)c1cc2n(n1)-c1ccccc1CC2. The zero-order valence-corrected chi connectivity index (χ0v) is 15.5. The van der Waals surface area contributed by atoms with Gasteiger partial charge in [0.1, 0.15) is 0 Å². The summed E-state index contributed by atoms with van der Waals surface area (Å²) in [6, 6.07) is 21.5. The molecule has 4 heterocycles. The first-order valence-electron chi connectivity index (χ1n) is 9.88. The third kappa shape index (κ3) is 2.45. The highest BCUT2D eigenvalue weighted by Crippen LogP contribution is 2.27.